The van der Waals surface area contributed by atoms with Gasteiger partial charge in [0.15, 0.2) is 0 Å². The van der Waals surface area contributed by atoms with E-state index in [4.69, 9.17) is 27.9 Å². The van der Waals surface area contributed by atoms with Crippen LogP contribution in [0, 0.1) is 0 Å². The fourth-order valence-electron chi connectivity index (χ4n) is 3.09. The van der Waals surface area contributed by atoms with Gasteiger partial charge < -0.3 is 15.2 Å². The number of halogens is 2. The van der Waals surface area contributed by atoms with Crippen molar-refractivity contribution in [1.29, 1.82) is 0 Å². The maximum absolute atomic E-state index is 10.7. The summed E-state index contributed by atoms with van der Waals surface area (Å²) in [6, 6.07) is 15.0. The van der Waals surface area contributed by atoms with Crippen LogP contribution in [-0.2, 0) is 6.54 Å². The molecule has 2 aromatic carbocycles. The van der Waals surface area contributed by atoms with Crippen LogP contribution in [0.5, 0.6) is 5.75 Å². The van der Waals surface area contributed by atoms with Crippen LogP contribution in [0.2, 0.25) is 10.0 Å². The second-order valence-electron chi connectivity index (χ2n) is 6.11. The maximum Gasteiger partial charge on any atom is 0.126 e. The zero-order valence-electron chi connectivity index (χ0n) is 13.3. The molecule has 2 aromatic rings. The molecule has 1 fully saturated rings. The van der Waals surface area contributed by atoms with Gasteiger partial charge in [0, 0.05) is 22.6 Å². The number of aliphatic hydroxyl groups excluding tert-OH is 1. The van der Waals surface area contributed by atoms with Crippen LogP contribution < -0.4 is 10.1 Å². The van der Waals surface area contributed by atoms with E-state index in [0.717, 1.165) is 29.8 Å². The smallest absolute Gasteiger partial charge is 0.126 e. The molecule has 128 valence electrons. The van der Waals surface area contributed by atoms with Crippen molar-refractivity contribution in [2.24, 2.45) is 0 Å². The molecule has 3 rings (SSSR count). The SMILES string of the molecule is O[C@@H]1[C@@H](NCc2ccccc2Cl)CCC[C@H]1Oc1cccc(Cl)c1. The summed E-state index contributed by atoms with van der Waals surface area (Å²) in [6.07, 6.45) is 1.95. The van der Waals surface area contributed by atoms with E-state index in [1.54, 1.807) is 12.1 Å². The van der Waals surface area contributed by atoms with Crippen molar-refractivity contribution in [3.63, 3.8) is 0 Å². The summed E-state index contributed by atoms with van der Waals surface area (Å²) in [5.74, 6) is 0.693. The van der Waals surface area contributed by atoms with Crippen LogP contribution in [0.3, 0.4) is 0 Å². The molecule has 1 aliphatic rings. The van der Waals surface area contributed by atoms with Crippen LogP contribution in [0.25, 0.3) is 0 Å². The van der Waals surface area contributed by atoms with Crippen molar-refractivity contribution in [3.05, 3.63) is 64.1 Å². The van der Waals surface area contributed by atoms with Crippen molar-refractivity contribution in [2.75, 3.05) is 0 Å². The number of aliphatic hydroxyl groups is 1. The van der Waals surface area contributed by atoms with E-state index < -0.39 is 6.10 Å². The van der Waals surface area contributed by atoms with Crippen molar-refractivity contribution in [3.8, 4) is 5.75 Å². The zero-order valence-corrected chi connectivity index (χ0v) is 14.8. The molecule has 0 unspecified atom stereocenters. The van der Waals surface area contributed by atoms with E-state index in [1.807, 2.05) is 36.4 Å². The standard InChI is InChI=1S/C19H21Cl2NO2/c20-14-6-3-7-15(11-14)24-18-10-4-9-17(19(18)23)22-12-13-5-1-2-8-16(13)21/h1-3,5-8,11,17-19,22-23H,4,9-10,12H2/t17-,18+,19+/m0/s1. The predicted octanol–water partition coefficient (Wildman–Crippen LogP) is 4.44. The van der Waals surface area contributed by atoms with Crippen molar-refractivity contribution in [1.82, 2.24) is 5.32 Å². The van der Waals surface area contributed by atoms with Gasteiger partial charge in [0.25, 0.3) is 0 Å². The highest BCUT2D eigenvalue weighted by molar-refractivity contribution is 6.31. The third-order valence-corrected chi connectivity index (χ3v) is 5.00. The lowest BCUT2D eigenvalue weighted by atomic mass is 9.89. The van der Waals surface area contributed by atoms with Crippen LogP contribution in [0.15, 0.2) is 48.5 Å². The Morgan fingerprint density at radius 1 is 1.08 bits per heavy atom. The van der Waals surface area contributed by atoms with Crippen LogP contribution >= 0.6 is 23.2 Å². The Bertz CT molecular complexity index is 680. The third-order valence-electron chi connectivity index (χ3n) is 4.39. The normalized spacial score (nSPS) is 23.9. The quantitative estimate of drug-likeness (QED) is 0.822. The Morgan fingerprint density at radius 2 is 1.92 bits per heavy atom. The lowest BCUT2D eigenvalue weighted by molar-refractivity contribution is -0.0157. The summed E-state index contributed by atoms with van der Waals surface area (Å²) in [6.45, 7) is 0.630. The molecule has 24 heavy (non-hydrogen) atoms. The molecule has 1 saturated carbocycles. The summed E-state index contributed by atoms with van der Waals surface area (Å²) in [4.78, 5) is 0. The molecule has 1 aliphatic carbocycles. The number of rotatable bonds is 5. The average molecular weight is 366 g/mol. The van der Waals surface area contributed by atoms with E-state index in [9.17, 15) is 5.11 Å². The topological polar surface area (TPSA) is 41.5 Å². The molecule has 3 atom stereocenters. The lowest BCUT2D eigenvalue weighted by Gasteiger charge is -2.35. The summed E-state index contributed by atoms with van der Waals surface area (Å²) < 4.78 is 5.95. The third kappa shape index (κ3) is 4.42. The van der Waals surface area contributed by atoms with Crippen molar-refractivity contribution >= 4 is 23.2 Å². The summed E-state index contributed by atoms with van der Waals surface area (Å²) in [5.41, 5.74) is 1.03. The molecule has 0 spiro atoms. The Kier molecular flexibility index (Phi) is 6.01. The van der Waals surface area contributed by atoms with Gasteiger partial charge in [-0.3, -0.25) is 0 Å². The molecule has 0 amide bonds. The van der Waals surface area contributed by atoms with Gasteiger partial charge in [0.1, 0.15) is 18.0 Å². The molecular formula is C19H21Cl2NO2. The van der Waals surface area contributed by atoms with Crippen LogP contribution in [-0.4, -0.2) is 23.4 Å². The van der Waals surface area contributed by atoms with E-state index in [0.29, 0.717) is 17.3 Å². The minimum atomic E-state index is -0.569. The van der Waals surface area contributed by atoms with Gasteiger partial charge >= 0.3 is 0 Å². The molecule has 0 saturated heterocycles. The van der Waals surface area contributed by atoms with Gasteiger partial charge in [-0.05, 0) is 49.1 Å². The fraction of sp³-hybridized carbons (Fsp3) is 0.368. The monoisotopic (exact) mass is 365 g/mol. The molecule has 0 aromatic heterocycles. The highest BCUT2D eigenvalue weighted by Gasteiger charge is 2.33. The maximum atomic E-state index is 10.7. The highest BCUT2D eigenvalue weighted by Crippen LogP contribution is 2.26. The van der Waals surface area contributed by atoms with Gasteiger partial charge in [0.2, 0.25) is 0 Å². The number of nitrogens with one attached hydrogen (secondary N) is 1. The van der Waals surface area contributed by atoms with Gasteiger partial charge in [-0.15, -0.1) is 0 Å². The molecule has 3 nitrogen and oxygen atoms in total. The number of benzene rings is 2. The largest absolute Gasteiger partial charge is 0.488 e. The minimum absolute atomic E-state index is 0.0146. The van der Waals surface area contributed by atoms with E-state index in [-0.39, 0.29) is 12.1 Å². The molecule has 0 heterocycles. The predicted molar refractivity (Wildman–Crippen MR) is 97.8 cm³/mol. The first-order valence-corrected chi connectivity index (χ1v) is 8.96. The molecule has 0 aliphatic heterocycles. The first-order valence-electron chi connectivity index (χ1n) is 8.20. The van der Waals surface area contributed by atoms with E-state index >= 15 is 0 Å². The molecule has 5 heteroatoms. The Labute approximate surface area is 152 Å². The number of ether oxygens (including phenoxy) is 1. The summed E-state index contributed by atoms with van der Waals surface area (Å²) >= 11 is 12.2. The minimum Gasteiger partial charge on any atom is -0.488 e. The molecule has 0 bridgehead atoms. The Hall–Kier alpha value is -1.26. The molecule has 2 N–H and O–H groups in total. The van der Waals surface area contributed by atoms with Gasteiger partial charge in [-0.25, -0.2) is 0 Å². The zero-order chi connectivity index (χ0) is 16.9. The van der Waals surface area contributed by atoms with Crippen LogP contribution in [0.1, 0.15) is 24.8 Å². The van der Waals surface area contributed by atoms with Crippen molar-refractivity contribution < 1.29 is 9.84 Å². The second kappa shape index (κ2) is 8.21. The first-order chi connectivity index (χ1) is 11.6. The number of hydrogen-bond acceptors (Lipinski definition) is 3. The average Bonchev–Trinajstić information content (AvgIpc) is 2.57. The Balaban J connectivity index is 1.60. The van der Waals surface area contributed by atoms with Gasteiger partial charge in [0.05, 0.1) is 0 Å². The second-order valence-corrected chi connectivity index (χ2v) is 6.96. The lowest BCUT2D eigenvalue weighted by Crippen LogP contribution is -2.50. The summed E-state index contributed by atoms with van der Waals surface area (Å²) in [7, 11) is 0. The highest BCUT2D eigenvalue weighted by atomic mass is 35.5. The first kappa shape index (κ1) is 17.6. The number of hydrogen-bond donors (Lipinski definition) is 2. The van der Waals surface area contributed by atoms with Gasteiger partial charge in [-0.2, -0.15) is 0 Å². The molecular weight excluding hydrogens is 345 g/mol. The fourth-order valence-corrected chi connectivity index (χ4v) is 3.47. The van der Waals surface area contributed by atoms with E-state index in [1.165, 1.54) is 0 Å². The van der Waals surface area contributed by atoms with E-state index in [2.05, 4.69) is 5.32 Å². The Morgan fingerprint density at radius 3 is 2.71 bits per heavy atom. The van der Waals surface area contributed by atoms with Gasteiger partial charge in [-0.1, -0.05) is 47.5 Å². The summed E-state index contributed by atoms with van der Waals surface area (Å²) in [5, 5.41) is 15.4. The molecule has 0 radical (unpaired) electrons. The van der Waals surface area contributed by atoms with Crippen LogP contribution in [0.4, 0.5) is 0 Å². The van der Waals surface area contributed by atoms with Crippen molar-refractivity contribution in [2.45, 2.75) is 44.1 Å².